The average Bonchev–Trinajstić information content (AvgIpc) is 2.98. The second-order valence-corrected chi connectivity index (χ2v) is 11.0. The van der Waals surface area contributed by atoms with Crippen molar-refractivity contribution in [2.45, 2.75) is 47.2 Å². The normalized spacial score (nSPS) is 12.7. The maximum atomic E-state index is 14.5. The predicted molar refractivity (Wildman–Crippen MR) is 160 cm³/mol. The number of benzene rings is 4. The highest BCUT2D eigenvalue weighted by Crippen LogP contribution is 2.34. The van der Waals surface area contributed by atoms with Crippen molar-refractivity contribution in [2.75, 3.05) is 0 Å². The Morgan fingerprint density at radius 1 is 0.762 bits per heavy atom. The van der Waals surface area contributed by atoms with Crippen LogP contribution in [0, 0.1) is 12.3 Å². The quantitative estimate of drug-likeness (QED) is 0.156. The van der Waals surface area contributed by atoms with E-state index in [9.17, 15) is 19.5 Å². The summed E-state index contributed by atoms with van der Waals surface area (Å²) in [6, 6.07) is 30.1. The van der Waals surface area contributed by atoms with E-state index in [2.05, 4.69) is 0 Å². The molecule has 0 radical (unpaired) electrons. The van der Waals surface area contributed by atoms with Crippen LogP contribution in [-0.4, -0.2) is 27.6 Å². The van der Waals surface area contributed by atoms with E-state index in [1.807, 2.05) is 107 Å². The Hall–Kier alpha value is -4.75. The zero-order valence-electron chi connectivity index (χ0n) is 24.4. The summed E-state index contributed by atoms with van der Waals surface area (Å²) in [5.41, 5.74) is 1.68. The van der Waals surface area contributed by atoms with E-state index in [0.29, 0.717) is 17.9 Å². The zero-order valence-corrected chi connectivity index (χ0v) is 24.4. The summed E-state index contributed by atoms with van der Waals surface area (Å²) in [7, 11) is 0. The van der Waals surface area contributed by atoms with E-state index in [0.717, 1.165) is 16.7 Å². The van der Waals surface area contributed by atoms with Crippen LogP contribution in [0.3, 0.4) is 0 Å². The summed E-state index contributed by atoms with van der Waals surface area (Å²) < 4.78 is 5.39. The first-order valence-electron chi connectivity index (χ1n) is 13.9. The second kappa shape index (κ2) is 12.8. The molecule has 0 aliphatic rings. The summed E-state index contributed by atoms with van der Waals surface area (Å²) in [6.07, 6.45) is 0.517. The number of carbonyl (C=O) groups is 3. The van der Waals surface area contributed by atoms with Crippen molar-refractivity contribution in [3.63, 3.8) is 0 Å². The highest BCUT2D eigenvalue weighted by molar-refractivity contribution is 5.94. The third-order valence-electron chi connectivity index (χ3n) is 7.44. The molecule has 0 heterocycles. The number of aromatic carboxylic acids is 1. The molecule has 4 aromatic carbocycles. The van der Waals surface area contributed by atoms with Crippen LogP contribution < -0.4 is 4.74 Å². The van der Waals surface area contributed by atoms with Gasteiger partial charge in [-0.25, -0.2) is 14.4 Å². The Labute approximate surface area is 246 Å². The average molecular weight is 567 g/mol. The number of quaternary nitrogens is 1. The van der Waals surface area contributed by atoms with Crippen molar-refractivity contribution in [2.24, 2.45) is 5.41 Å². The summed E-state index contributed by atoms with van der Waals surface area (Å²) in [6.45, 7) is 7.68. The van der Waals surface area contributed by atoms with Gasteiger partial charge in [0.05, 0.1) is 16.5 Å². The Morgan fingerprint density at radius 3 is 2.10 bits per heavy atom. The lowest BCUT2D eigenvalue weighted by molar-refractivity contribution is -1.05. The molecular weight excluding hydrogens is 530 g/mol. The van der Waals surface area contributed by atoms with Gasteiger partial charge in [-0.15, -0.1) is 0 Å². The number of hydrogen-bond acceptors (Lipinski definition) is 5. The van der Waals surface area contributed by atoms with Crippen molar-refractivity contribution in [1.82, 2.24) is 0 Å². The number of hydrogen-bond donors (Lipinski definition) is 1. The molecule has 4 aromatic rings. The fourth-order valence-electron chi connectivity index (χ4n) is 4.69. The Balaban J connectivity index is 1.82. The van der Waals surface area contributed by atoms with E-state index in [1.165, 1.54) is 24.3 Å². The molecule has 7 nitrogen and oxygen atoms in total. The van der Waals surface area contributed by atoms with E-state index in [4.69, 9.17) is 9.57 Å². The molecule has 0 spiro atoms. The van der Waals surface area contributed by atoms with E-state index < -0.39 is 22.0 Å². The number of ether oxygens (including phenoxy) is 1. The number of aryl methyl sites for hydroxylation is 1. The van der Waals surface area contributed by atoms with Gasteiger partial charge in [-0.2, -0.15) is 0 Å². The highest BCUT2D eigenvalue weighted by atomic mass is 16.8. The van der Waals surface area contributed by atoms with Gasteiger partial charge < -0.3 is 9.84 Å². The maximum Gasteiger partial charge on any atom is 0.398 e. The third-order valence-corrected chi connectivity index (χ3v) is 7.44. The van der Waals surface area contributed by atoms with Gasteiger partial charge in [0.25, 0.3) is 0 Å². The van der Waals surface area contributed by atoms with Crippen LogP contribution in [0.5, 0.6) is 11.5 Å². The predicted octanol–water partition coefficient (Wildman–Crippen LogP) is 7.74. The lowest BCUT2D eigenvalue weighted by Gasteiger charge is -2.37. The molecule has 4 rings (SSSR count). The van der Waals surface area contributed by atoms with E-state index in [1.54, 1.807) is 0 Å². The fraction of sp³-hybridized carbons (Fsp3) is 0.229. The number of rotatable bonds is 10. The largest absolute Gasteiger partial charge is 0.478 e. The van der Waals surface area contributed by atoms with Crippen molar-refractivity contribution in [3.8, 4) is 11.5 Å². The van der Waals surface area contributed by atoms with Crippen LogP contribution in [0.25, 0.3) is 0 Å². The van der Waals surface area contributed by atoms with Gasteiger partial charge >= 0.3 is 17.8 Å². The van der Waals surface area contributed by atoms with Gasteiger partial charge in [0, 0.05) is 11.1 Å². The highest BCUT2D eigenvalue weighted by Gasteiger charge is 2.50. The minimum Gasteiger partial charge on any atom is -0.478 e. The van der Waals surface area contributed by atoms with Gasteiger partial charge in [-0.05, 0) is 75.2 Å². The van der Waals surface area contributed by atoms with Gasteiger partial charge in [-0.3, -0.25) is 4.84 Å². The standard InChI is InChI=1S/C35H35NO6/c1-5-35(3,4)34(40)36(24-29-15-10-9-13-25(29)2,42-33(39)28-17-12-16-27(22-28)32(37)38)23-26-14-11-20-31(21-26)41-30-18-7-6-8-19-30/h6-22H,5,23-24H2,1-4H3/p+1. The van der Waals surface area contributed by atoms with E-state index >= 15 is 0 Å². The van der Waals surface area contributed by atoms with Crippen molar-refractivity contribution < 1.29 is 33.7 Å². The van der Waals surface area contributed by atoms with Gasteiger partial charge in [0.2, 0.25) is 0 Å². The molecule has 7 heteroatoms. The number of carboxylic acids is 1. The van der Waals surface area contributed by atoms with Gasteiger partial charge in [0.15, 0.2) is 13.1 Å². The molecule has 0 aliphatic heterocycles. The molecule has 42 heavy (non-hydrogen) atoms. The van der Waals surface area contributed by atoms with Crippen LogP contribution in [0.2, 0.25) is 0 Å². The Kier molecular flexibility index (Phi) is 9.23. The molecule has 1 amide bonds. The molecule has 1 N–H and O–H groups in total. The molecule has 0 aromatic heterocycles. The molecule has 216 valence electrons. The Morgan fingerprint density at radius 2 is 1.40 bits per heavy atom. The van der Waals surface area contributed by atoms with Crippen molar-refractivity contribution in [1.29, 1.82) is 0 Å². The van der Waals surface area contributed by atoms with Gasteiger partial charge in [-0.1, -0.05) is 72.2 Å². The summed E-state index contributed by atoms with van der Waals surface area (Å²) in [5.74, 6) is -0.976. The van der Waals surface area contributed by atoms with Crippen LogP contribution in [0.15, 0.2) is 103 Å². The fourth-order valence-corrected chi connectivity index (χ4v) is 4.69. The number of para-hydroxylation sites is 1. The first-order chi connectivity index (χ1) is 20.0. The molecule has 1 unspecified atom stereocenters. The molecule has 0 bridgehead atoms. The molecule has 0 saturated carbocycles. The minimum atomic E-state index is -1.16. The molecule has 0 saturated heterocycles. The van der Waals surface area contributed by atoms with Gasteiger partial charge in [0.1, 0.15) is 11.5 Å². The third kappa shape index (κ3) is 7.11. The van der Waals surface area contributed by atoms with Crippen LogP contribution in [-0.2, 0) is 22.7 Å². The Bertz CT molecular complexity index is 1580. The molecule has 1 atom stereocenters. The van der Waals surface area contributed by atoms with Crippen LogP contribution in [0.1, 0.15) is 64.6 Å². The number of hydroxylamine groups is 3. The first kappa shape index (κ1) is 30.2. The summed E-state index contributed by atoms with van der Waals surface area (Å²) >= 11 is 0. The number of carbonyl (C=O) groups excluding carboxylic acids is 2. The maximum absolute atomic E-state index is 14.5. The molecule has 0 aliphatic carbocycles. The number of amides is 1. The van der Waals surface area contributed by atoms with Crippen LogP contribution in [0.4, 0.5) is 0 Å². The minimum absolute atomic E-state index is 0.0347. The topological polar surface area (TPSA) is 89.9 Å². The summed E-state index contributed by atoms with van der Waals surface area (Å²) in [5, 5.41) is 9.48. The van der Waals surface area contributed by atoms with Crippen molar-refractivity contribution >= 4 is 17.8 Å². The smallest absolute Gasteiger partial charge is 0.398 e. The van der Waals surface area contributed by atoms with Crippen LogP contribution >= 0.6 is 0 Å². The first-order valence-corrected chi connectivity index (χ1v) is 13.9. The monoisotopic (exact) mass is 566 g/mol. The second-order valence-electron chi connectivity index (χ2n) is 11.0. The lowest BCUT2D eigenvalue weighted by Crippen LogP contribution is -2.57. The molecular formula is C35H36NO6+. The lowest BCUT2D eigenvalue weighted by atomic mass is 9.87. The van der Waals surface area contributed by atoms with Crippen molar-refractivity contribution in [3.05, 3.63) is 131 Å². The number of carboxylic acid groups (broad SMARTS) is 1. The summed E-state index contributed by atoms with van der Waals surface area (Å²) in [4.78, 5) is 46.1. The SMILES string of the molecule is CCC(C)(C)C(=O)[N+](Cc1cccc(Oc2ccccc2)c1)(Cc1ccccc1C)OC(=O)c1cccc(C(=O)O)c1. The van der Waals surface area contributed by atoms with E-state index in [-0.39, 0.29) is 30.1 Å². The molecule has 0 fully saturated rings. The zero-order chi connectivity index (χ0) is 30.3. The number of nitrogens with zero attached hydrogens (tertiary/aromatic N) is 1.